The molecular formula is C15H23ClN2O2S. The molecule has 1 fully saturated rings. The molecule has 0 unspecified atom stereocenters. The number of hydrogen-bond acceptors (Lipinski definition) is 3. The molecule has 0 aliphatic heterocycles. The van der Waals surface area contributed by atoms with Gasteiger partial charge in [-0.1, -0.05) is 25.4 Å². The normalized spacial score (nSPS) is 15.6. The van der Waals surface area contributed by atoms with Crippen molar-refractivity contribution in [1.29, 1.82) is 0 Å². The van der Waals surface area contributed by atoms with E-state index in [2.05, 4.69) is 23.9 Å². The molecule has 1 aliphatic rings. The fourth-order valence-electron chi connectivity index (χ4n) is 1.96. The molecule has 21 heavy (non-hydrogen) atoms. The Morgan fingerprint density at radius 3 is 2.67 bits per heavy atom. The minimum Gasteiger partial charge on any atom is -0.310 e. The third kappa shape index (κ3) is 5.25. The van der Waals surface area contributed by atoms with Gasteiger partial charge in [-0.25, -0.2) is 13.1 Å². The lowest BCUT2D eigenvalue weighted by atomic mass is 10.1. The second kappa shape index (κ2) is 7.09. The minimum atomic E-state index is -3.45. The highest BCUT2D eigenvalue weighted by Gasteiger charge is 2.21. The maximum atomic E-state index is 12.3. The lowest BCUT2D eigenvalue weighted by Crippen LogP contribution is -2.26. The molecule has 2 N–H and O–H groups in total. The monoisotopic (exact) mass is 330 g/mol. The molecule has 1 aliphatic carbocycles. The molecule has 6 heteroatoms. The second-order valence-corrected chi connectivity index (χ2v) is 8.16. The third-order valence-electron chi connectivity index (χ3n) is 3.50. The van der Waals surface area contributed by atoms with Gasteiger partial charge in [-0.05, 0) is 48.9 Å². The van der Waals surface area contributed by atoms with Crippen molar-refractivity contribution < 1.29 is 8.42 Å². The predicted octanol–water partition coefficient (Wildman–Crippen LogP) is 2.92. The number of rotatable bonds is 8. The van der Waals surface area contributed by atoms with Gasteiger partial charge in [-0.2, -0.15) is 0 Å². The summed E-state index contributed by atoms with van der Waals surface area (Å²) in [5.41, 5.74) is 0.829. The largest absolute Gasteiger partial charge is 0.310 e. The Balaban J connectivity index is 2.05. The number of nitrogens with one attached hydrogen (secondary N) is 2. The van der Waals surface area contributed by atoms with Crippen molar-refractivity contribution >= 4 is 21.6 Å². The van der Waals surface area contributed by atoms with Gasteiger partial charge in [0.2, 0.25) is 10.0 Å². The molecular weight excluding hydrogens is 308 g/mol. The maximum Gasteiger partial charge on any atom is 0.240 e. The summed E-state index contributed by atoms with van der Waals surface area (Å²) in [4.78, 5) is 0.281. The van der Waals surface area contributed by atoms with Gasteiger partial charge < -0.3 is 5.32 Å². The molecule has 1 aromatic carbocycles. The minimum absolute atomic E-state index is 0.281. The van der Waals surface area contributed by atoms with Crippen LogP contribution in [-0.4, -0.2) is 21.0 Å². The van der Waals surface area contributed by atoms with Crippen LogP contribution in [0.3, 0.4) is 0 Å². The van der Waals surface area contributed by atoms with E-state index in [1.807, 2.05) is 0 Å². The highest BCUT2D eigenvalue weighted by Crippen LogP contribution is 2.23. The van der Waals surface area contributed by atoms with E-state index in [4.69, 9.17) is 11.6 Å². The summed E-state index contributed by atoms with van der Waals surface area (Å²) in [6.07, 6.45) is 3.20. The molecule has 0 spiro atoms. The molecule has 0 aromatic heterocycles. The van der Waals surface area contributed by atoms with Crippen LogP contribution in [0.25, 0.3) is 0 Å². The first kappa shape index (κ1) is 16.7. The molecule has 0 radical (unpaired) electrons. The van der Waals surface area contributed by atoms with Gasteiger partial charge in [0.05, 0.1) is 4.90 Å². The van der Waals surface area contributed by atoms with E-state index >= 15 is 0 Å². The van der Waals surface area contributed by atoms with Gasteiger partial charge in [-0.3, -0.25) is 0 Å². The van der Waals surface area contributed by atoms with Gasteiger partial charge in [-0.15, -0.1) is 0 Å². The number of sulfonamides is 1. The third-order valence-corrected chi connectivity index (χ3v) is 5.33. The van der Waals surface area contributed by atoms with Crippen LogP contribution in [-0.2, 0) is 16.6 Å². The zero-order valence-corrected chi connectivity index (χ0v) is 14.1. The van der Waals surface area contributed by atoms with Crippen molar-refractivity contribution in [2.75, 3.05) is 6.54 Å². The highest BCUT2D eigenvalue weighted by atomic mass is 35.5. The first-order valence-corrected chi connectivity index (χ1v) is 9.26. The summed E-state index contributed by atoms with van der Waals surface area (Å²) in [7, 11) is -3.45. The van der Waals surface area contributed by atoms with E-state index in [9.17, 15) is 8.42 Å². The fourth-order valence-corrected chi connectivity index (χ4v) is 3.24. The Morgan fingerprint density at radius 2 is 2.05 bits per heavy atom. The molecule has 0 atom stereocenters. The summed E-state index contributed by atoms with van der Waals surface area (Å²) >= 11 is 6.14. The molecule has 0 heterocycles. The first-order chi connectivity index (χ1) is 9.88. The summed E-state index contributed by atoms with van der Waals surface area (Å²) in [5, 5.41) is 3.95. The summed E-state index contributed by atoms with van der Waals surface area (Å²) in [6.45, 7) is 5.20. The standard InChI is InChI=1S/C15H23ClN2O2S/c1-11(2)7-8-18-21(19,20)14-5-6-15(16)12(9-14)10-17-13-3-4-13/h5-6,9,11,13,17-18H,3-4,7-8,10H2,1-2H3. The van der Waals surface area contributed by atoms with Crippen molar-refractivity contribution in [3.8, 4) is 0 Å². The Bertz CT molecular complexity index is 583. The van der Waals surface area contributed by atoms with E-state index in [0.717, 1.165) is 12.0 Å². The molecule has 0 saturated heterocycles. The first-order valence-electron chi connectivity index (χ1n) is 7.40. The Kier molecular flexibility index (Phi) is 5.66. The summed E-state index contributed by atoms with van der Waals surface area (Å²) in [5.74, 6) is 0.469. The highest BCUT2D eigenvalue weighted by molar-refractivity contribution is 7.89. The van der Waals surface area contributed by atoms with E-state index in [-0.39, 0.29) is 4.90 Å². The predicted molar refractivity (Wildman–Crippen MR) is 86.0 cm³/mol. The number of halogens is 1. The molecule has 2 rings (SSSR count). The lowest BCUT2D eigenvalue weighted by molar-refractivity contribution is 0.551. The molecule has 0 bridgehead atoms. The van der Waals surface area contributed by atoms with Gasteiger partial charge in [0, 0.05) is 24.2 Å². The van der Waals surface area contributed by atoms with Crippen LogP contribution in [0.2, 0.25) is 5.02 Å². The van der Waals surface area contributed by atoms with Crippen molar-refractivity contribution in [3.63, 3.8) is 0 Å². The van der Waals surface area contributed by atoms with Crippen LogP contribution in [0.4, 0.5) is 0 Å². The zero-order valence-electron chi connectivity index (χ0n) is 12.5. The average molecular weight is 331 g/mol. The van der Waals surface area contributed by atoms with Crippen LogP contribution in [0.15, 0.2) is 23.1 Å². The van der Waals surface area contributed by atoms with E-state index < -0.39 is 10.0 Å². The van der Waals surface area contributed by atoms with Crippen molar-refractivity contribution in [1.82, 2.24) is 10.0 Å². The Morgan fingerprint density at radius 1 is 1.33 bits per heavy atom. The second-order valence-electron chi connectivity index (χ2n) is 5.99. The Hall–Kier alpha value is -0.620. The summed E-state index contributed by atoms with van der Waals surface area (Å²) < 4.78 is 27.1. The number of hydrogen-bond donors (Lipinski definition) is 2. The van der Waals surface area contributed by atoms with Gasteiger partial charge in [0.25, 0.3) is 0 Å². The average Bonchev–Trinajstić information content (AvgIpc) is 3.21. The molecule has 1 saturated carbocycles. The van der Waals surface area contributed by atoms with Gasteiger partial charge >= 0.3 is 0 Å². The van der Waals surface area contributed by atoms with Crippen molar-refractivity contribution in [2.24, 2.45) is 5.92 Å². The topological polar surface area (TPSA) is 58.2 Å². The van der Waals surface area contributed by atoms with Crippen LogP contribution in [0, 0.1) is 5.92 Å². The fraction of sp³-hybridized carbons (Fsp3) is 0.600. The van der Waals surface area contributed by atoms with Crippen LogP contribution < -0.4 is 10.0 Å². The summed E-state index contributed by atoms with van der Waals surface area (Å²) in [6, 6.07) is 5.43. The number of benzene rings is 1. The van der Waals surface area contributed by atoms with E-state index in [0.29, 0.717) is 30.1 Å². The molecule has 118 valence electrons. The van der Waals surface area contributed by atoms with Crippen LogP contribution in [0.1, 0.15) is 38.7 Å². The van der Waals surface area contributed by atoms with Crippen LogP contribution >= 0.6 is 11.6 Å². The smallest absolute Gasteiger partial charge is 0.240 e. The molecule has 4 nitrogen and oxygen atoms in total. The van der Waals surface area contributed by atoms with Crippen molar-refractivity contribution in [2.45, 2.75) is 50.6 Å². The van der Waals surface area contributed by atoms with E-state index in [1.165, 1.54) is 12.8 Å². The Labute approximate surface area is 132 Å². The lowest BCUT2D eigenvalue weighted by Gasteiger charge is -2.11. The van der Waals surface area contributed by atoms with E-state index in [1.54, 1.807) is 18.2 Å². The molecule has 1 aromatic rings. The van der Waals surface area contributed by atoms with Gasteiger partial charge in [0.1, 0.15) is 0 Å². The maximum absolute atomic E-state index is 12.3. The van der Waals surface area contributed by atoms with Gasteiger partial charge in [0.15, 0.2) is 0 Å². The molecule has 0 amide bonds. The van der Waals surface area contributed by atoms with Crippen LogP contribution in [0.5, 0.6) is 0 Å². The van der Waals surface area contributed by atoms with Crippen molar-refractivity contribution in [3.05, 3.63) is 28.8 Å². The zero-order chi connectivity index (χ0) is 15.5. The SMILES string of the molecule is CC(C)CCNS(=O)(=O)c1ccc(Cl)c(CNC2CC2)c1. The quantitative estimate of drug-likeness (QED) is 0.770.